The van der Waals surface area contributed by atoms with Gasteiger partial charge in [-0.25, -0.2) is 4.31 Å². The number of benzene rings is 1. The SMILES string of the molecule is O=C(O)[C@@H]1CCCN(Sc2cccc(Cl)c2C(F)(F)F)C1. The number of carboxylic acids is 1. The van der Waals surface area contributed by atoms with Crippen LogP contribution in [0.1, 0.15) is 18.4 Å². The first kappa shape index (κ1) is 16.5. The molecule has 2 rings (SSSR count). The fourth-order valence-corrected chi connectivity index (χ4v) is 3.77. The van der Waals surface area contributed by atoms with E-state index in [9.17, 15) is 18.0 Å². The van der Waals surface area contributed by atoms with Gasteiger partial charge in [-0.05, 0) is 36.9 Å². The van der Waals surface area contributed by atoms with Crippen molar-refractivity contribution in [3.63, 3.8) is 0 Å². The molecule has 0 unspecified atom stereocenters. The molecule has 1 aromatic rings. The lowest BCUT2D eigenvalue weighted by atomic mass is 10.0. The van der Waals surface area contributed by atoms with E-state index in [2.05, 4.69) is 0 Å². The van der Waals surface area contributed by atoms with Crippen LogP contribution in [-0.4, -0.2) is 28.5 Å². The van der Waals surface area contributed by atoms with Gasteiger partial charge in [-0.2, -0.15) is 13.2 Å². The predicted octanol–water partition coefficient (Wildman–Crippen LogP) is 4.16. The molecule has 0 aliphatic carbocycles. The standard InChI is InChI=1S/C13H13ClF3NO2S/c14-9-4-1-5-10(11(9)13(15,16)17)21-18-6-2-3-8(7-18)12(19)20/h1,4-5,8H,2-3,6-7H2,(H,19,20)/t8-/m1/s1. The Hall–Kier alpha value is -0.920. The van der Waals surface area contributed by atoms with Crippen LogP contribution in [0.3, 0.4) is 0 Å². The van der Waals surface area contributed by atoms with Crippen LogP contribution in [0.4, 0.5) is 13.2 Å². The van der Waals surface area contributed by atoms with Crippen LogP contribution in [0.25, 0.3) is 0 Å². The first-order valence-corrected chi connectivity index (χ1v) is 7.45. The molecule has 1 aromatic carbocycles. The van der Waals surface area contributed by atoms with Gasteiger partial charge in [-0.3, -0.25) is 4.79 Å². The average Bonchev–Trinajstić information content (AvgIpc) is 2.37. The van der Waals surface area contributed by atoms with Crippen molar-refractivity contribution in [3.8, 4) is 0 Å². The maximum atomic E-state index is 13.1. The molecule has 0 radical (unpaired) electrons. The van der Waals surface area contributed by atoms with Crippen LogP contribution in [0.15, 0.2) is 23.1 Å². The van der Waals surface area contributed by atoms with E-state index >= 15 is 0 Å². The van der Waals surface area contributed by atoms with Gasteiger partial charge >= 0.3 is 12.1 Å². The molecule has 0 aromatic heterocycles. The zero-order chi connectivity index (χ0) is 15.6. The Kier molecular flexibility index (Phi) is 5.06. The fraction of sp³-hybridized carbons (Fsp3) is 0.462. The number of hydrogen-bond donors (Lipinski definition) is 1. The molecule has 1 heterocycles. The van der Waals surface area contributed by atoms with Gasteiger partial charge in [0.15, 0.2) is 0 Å². The number of alkyl halides is 3. The third-order valence-corrected chi connectivity index (χ3v) is 4.66. The molecule has 0 bridgehead atoms. The highest BCUT2D eigenvalue weighted by Gasteiger charge is 2.37. The highest BCUT2D eigenvalue weighted by atomic mass is 35.5. The largest absolute Gasteiger partial charge is 0.481 e. The number of rotatable bonds is 3. The Morgan fingerprint density at radius 3 is 2.76 bits per heavy atom. The van der Waals surface area contributed by atoms with Crippen LogP contribution in [-0.2, 0) is 11.0 Å². The summed E-state index contributed by atoms with van der Waals surface area (Å²) in [6, 6.07) is 4.01. The third kappa shape index (κ3) is 4.05. The van der Waals surface area contributed by atoms with E-state index in [0.29, 0.717) is 19.4 Å². The zero-order valence-corrected chi connectivity index (χ0v) is 12.4. The molecule has 116 valence electrons. The first-order valence-electron chi connectivity index (χ1n) is 6.30. The molecule has 1 aliphatic rings. The second-order valence-electron chi connectivity index (χ2n) is 4.77. The molecule has 1 N–H and O–H groups in total. The van der Waals surface area contributed by atoms with Gasteiger partial charge in [0, 0.05) is 18.0 Å². The van der Waals surface area contributed by atoms with Gasteiger partial charge in [-0.15, -0.1) is 0 Å². The first-order chi connectivity index (χ1) is 9.79. The Labute approximate surface area is 129 Å². The molecule has 1 aliphatic heterocycles. The minimum absolute atomic E-state index is 0.000962. The Morgan fingerprint density at radius 2 is 2.14 bits per heavy atom. The van der Waals surface area contributed by atoms with Crippen molar-refractivity contribution in [2.45, 2.75) is 23.9 Å². The minimum Gasteiger partial charge on any atom is -0.481 e. The summed E-state index contributed by atoms with van der Waals surface area (Å²) in [5.41, 5.74) is -0.867. The van der Waals surface area contributed by atoms with Gasteiger partial charge in [0.2, 0.25) is 0 Å². The second kappa shape index (κ2) is 6.46. The van der Waals surface area contributed by atoms with Crippen LogP contribution < -0.4 is 0 Å². The molecule has 21 heavy (non-hydrogen) atoms. The summed E-state index contributed by atoms with van der Waals surface area (Å²) >= 11 is 6.58. The second-order valence-corrected chi connectivity index (χ2v) is 6.31. The smallest absolute Gasteiger partial charge is 0.418 e. The maximum absolute atomic E-state index is 13.1. The summed E-state index contributed by atoms with van der Waals surface area (Å²) < 4.78 is 40.8. The molecule has 0 spiro atoms. The lowest BCUT2D eigenvalue weighted by molar-refractivity contribution is -0.143. The molecule has 0 saturated carbocycles. The van der Waals surface area contributed by atoms with Crippen molar-refractivity contribution >= 4 is 29.5 Å². The van der Waals surface area contributed by atoms with Gasteiger partial charge in [0.1, 0.15) is 0 Å². The number of hydrogen-bond acceptors (Lipinski definition) is 3. The van der Waals surface area contributed by atoms with Crippen LogP contribution in [0.2, 0.25) is 5.02 Å². The summed E-state index contributed by atoms with van der Waals surface area (Å²) in [6.45, 7) is 0.780. The van der Waals surface area contributed by atoms with Gasteiger partial charge in [0.25, 0.3) is 0 Å². The molecule has 1 fully saturated rings. The van der Waals surface area contributed by atoms with Crippen LogP contribution in [0.5, 0.6) is 0 Å². The number of carbonyl (C=O) groups is 1. The molecule has 0 amide bonds. The molecule has 3 nitrogen and oxygen atoms in total. The van der Waals surface area contributed by atoms with Crippen molar-refractivity contribution in [2.75, 3.05) is 13.1 Å². The van der Waals surface area contributed by atoms with Crippen molar-refractivity contribution in [1.29, 1.82) is 0 Å². The minimum atomic E-state index is -4.54. The van der Waals surface area contributed by atoms with E-state index in [1.807, 2.05) is 0 Å². The van der Waals surface area contributed by atoms with E-state index < -0.39 is 23.6 Å². The van der Waals surface area contributed by atoms with E-state index in [-0.39, 0.29) is 16.5 Å². The van der Waals surface area contributed by atoms with Gasteiger partial charge < -0.3 is 5.11 Å². The zero-order valence-electron chi connectivity index (χ0n) is 10.9. The molecular weight excluding hydrogens is 327 g/mol. The Bertz CT molecular complexity index is 539. The summed E-state index contributed by atoms with van der Waals surface area (Å²) in [5.74, 6) is -1.46. The number of nitrogens with zero attached hydrogens (tertiary/aromatic N) is 1. The highest BCUT2D eigenvalue weighted by Crippen LogP contribution is 2.42. The number of aliphatic carboxylic acids is 1. The number of piperidine rings is 1. The van der Waals surface area contributed by atoms with Crippen molar-refractivity contribution in [1.82, 2.24) is 4.31 Å². The maximum Gasteiger partial charge on any atom is 0.418 e. The Balaban J connectivity index is 2.20. The molecule has 8 heteroatoms. The lowest BCUT2D eigenvalue weighted by Crippen LogP contribution is -2.34. The van der Waals surface area contributed by atoms with Crippen LogP contribution >= 0.6 is 23.5 Å². The van der Waals surface area contributed by atoms with Crippen molar-refractivity contribution < 1.29 is 23.1 Å². The topological polar surface area (TPSA) is 40.5 Å². The summed E-state index contributed by atoms with van der Waals surface area (Å²) in [4.78, 5) is 11.0. The van der Waals surface area contributed by atoms with E-state index in [1.54, 1.807) is 4.31 Å². The van der Waals surface area contributed by atoms with Crippen molar-refractivity contribution in [3.05, 3.63) is 28.8 Å². The number of carboxylic acid groups (broad SMARTS) is 1. The third-order valence-electron chi connectivity index (χ3n) is 3.22. The van der Waals surface area contributed by atoms with E-state index in [1.165, 1.54) is 18.2 Å². The monoisotopic (exact) mass is 339 g/mol. The average molecular weight is 340 g/mol. The van der Waals surface area contributed by atoms with Gasteiger partial charge in [-0.1, -0.05) is 17.7 Å². The summed E-state index contributed by atoms with van der Waals surface area (Å²) in [6.07, 6.45) is -3.34. The summed E-state index contributed by atoms with van der Waals surface area (Å²) in [7, 11) is 0. The van der Waals surface area contributed by atoms with Gasteiger partial charge in [0.05, 0.1) is 16.5 Å². The highest BCUT2D eigenvalue weighted by molar-refractivity contribution is 7.97. The molecular formula is C13H13ClF3NO2S. The molecule has 1 atom stereocenters. The normalized spacial score (nSPS) is 20.5. The fourth-order valence-electron chi connectivity index (χ4n) is 2.22. The van der Waals surface area contributed by atoms with E-state index in [0.717, 1.165) is 11.9 Å². The molecule has 1 saturated heterocycles. The quantitative estimate of drug-likeness (QED) is 0.839. The number of halogens is 4. The van der Waals surface area contributed by atoms with Crippen LogP contribution in [0, 0.1) is 5.92 Å². The summed E-state index contributed by atoms with van der Waals surface area (Å²) in [5, 5.41) is 8.67. The van der Waals surface area contributed by atoms with E-state index in [4.69, 9.17) is 16.7 Å². The Morgan fingerprint density at radius 1 is 1.43 bits per heavy atom. The predicted molar refractivity (Wildman–Crippen MR) is 74.2 cm³/mol. The van der Waals surface area contributed by atoms with Crippen molar-refractivity contribution in [2.24, 2.45) is 5.92 Å². The lowest BCUT2D eigenvalue weighted by Gasteiger charge is -2.30.